The predicted octanol–water partition coefficient (Wildman–Crippen LogP) is 3.00. The molecule has 1 aromatic heterocycles. The Bertz CT molecular complexity index is 604. The van der Waals surface area contributed by atoms with Crippen LogP contribution < -0.4 is 5.32 Å². The zero-order chi connectivity index (χ0) is 14.2. The molecule has 108 valence electrons. The van der Waals surface area contributed by atoms with Crippen molar-refractivity contribution in [3.05, 3.63) is 34.5 Å². The van der Waals surface area contributed by atoms with Gasteiger partial charge in [-0.3, -0.25) is 0 Å². The van der Waals surface area contributed by atoms with Crippen molar-refractivity contribution < 1.29 is 14.3 Å². The highest BCUT2D eigenvalue weighted by Crippen LogP contribution is 2.27. The van der Waals surface area contributed by atoms with Crippen LogP contribution in [0.25, 0.3) is 11.0 Å². The molecule has 5 heteroatoms. The second-order valence-corrected chi connectivity index (χ2v) is 6.38. The maximum absolute atomic E-state index is 10.2. The lowest BCUT2D eigenvalue weighted by atomic mass is 10.0. The second kappa shape index (κ2) is 5.48. The fourth-order valence-corrected chi connectivity index (χ4v) is 2.81. The first-order valence-corrected chi connectivity index (χ1v) is 7.58. The molecule has 4 nitrogen and oxygen atoms in total. The second-order valence-electron chi connectivity index (χ2n) is 5.46. The number of fused-ring (bicyclic) bond motifs is 1. The Kier molecular flexibility index (Phi) is 3.86. The van der Waals surface area contributed by atoms with E-state index >= 15 is 0 Å². The summed E-state index contributed by atoms with van der Waals surface area (Å²) < 4.78 is 12.1. The molecular weight excluding hydrogens is 322 g/mol. The molecule has 3 rings (SSSR count). The molecule has 2 heterocycles. The number of hydrogen-bond acceptors (Lipinski definition) is 4. The first-order chi connectivity index (χ1) is 9.56. The average molecular weight is 340 g/mol. The largest absolute Gasteiger partial charge is 0.459 e. The van der Waals surface area contributed by atoms with E-state index in [1.54, 1.807) is 0 Å². The summed E-state index contributed by atoms with van der Waals surface area (Å²) in [5, 5.41) is 14.6. The van der Waals surface area contributed by atoms with Crippen molar-refractivity contribution in [3.63, 3.8) is 0 Å². The fourth-order valence-electron chi connectivity index (χ4n) is 2.43. The zero-order valence-electron chi connectivity index (χ0n) is 11.4. The van der Waals surface area contributed by atoms with Crippen molar-refractivity contribution in [1.82, 2.24) is 5.32 Å². The van der Waals surface area contributed by atoms with E-state index < -0.39 is 5.60 Å². The quantitative estimate of drug-likeness (QED) is 0.899. The smallest absolute Gasteiger partial charge is 0.134 e. The Morgan fingerprint density at radius 3 is 3.05 bits per heavy atom. The summed E-state index contributed by atoms with van der Waals surface area (Å²) >= 11 is 3.46. The van der Waals surface area contributed by atoms with Crippen LogP contribution in [0.5, 0.6) is 0 Å². The van der Waals surface area contributed by atoms with Gasteiger partial charge in [-0.2, -0.15) is 0 Å². The van der Waals surface area contributed by atoms with Crippen molar-refractivity contribution >= 4 is 26.9 Å². The zero-order valence-corrected chi connectivity index (χ0v) is 12.9. The molecule has 0 spiro atoms. The van der Waals surface area contributed by atoms with Crippen LogP contribution in [0.3, 0.4) is 0 Å². The number of halogens is 1. The molecule has 1 saturated heterocycles. The van der Waals surface area contributed by atoms with Gasteiger partial charge in [-0.1, -0.05) is 15.9 Å². The summed E-state index contributed by atoms with van der Waals surface area (Å²) in [6, 6.07) is 8.03. The third-order valence-electron chi connectivity index (χ3n) is 3.74. The lowest BCUT2D eigenvalue weighted by Gasteiger charge is -2.22. The van der Waals surface area contributed by atoms with Gasteiger partial charge in [-0.15, -0.1) is 0 Å². The van der Waals surface area contributed by atoms with Crippen LogP contribution in [0.4, 0.5) is 0 Å². The highest BCUT2D eigenvalue weighted by Gasteiger charge is 2.32. The van der Waals surface area contributed by atoms with Crippen LogP contribution in [0, 0.1) is 0 Å². The molecule has 1 fully saturated rings. The molecule has 0 saturated carbocycles. The normalized spacial score (nSPS) is 24.4. The number of nitrogens with one attached hydrogen (secondary N) is 1. The summed E-state index contributed by atoms with van der Waals surface area (Å²) in [6.45, 7) is 3.58. The molecule has 1 aliphatic heterocycles. The number of hydrogen-bond donors (Lipinski definition) is 2. The molecule has 2 N–H and O–H groups in total. The van der Waals surface area contributed by atoms with Crippen LogP contribution >= 0.6 is 15.9 Å². The van der Waals surface area contributed by atoms with Crippen molar-refractivity contribution in [1.29, 1.82) is 0 Å². The van der Waals surface area contributed by atoms with Gasteiger partial charge < -0.3 is 19.6 Å². The van der Waals surface area contributed by atoms with Crippen LogP contribution in [0.1, 0.15) is 25.1 Å². The Morgan fingerprint density at radius 1 is 1.45 bits per heavy atom. The maximum Gasteiger partial charge on any atom is 0.134 e. The maximum atomic E-state index is 10.2. The van der Waals surface area contributed by atoms with Gasteiger partial charge in [0.25, 0.3) is 0 Å². The lowest BCUT2D eigenvalue weighted by molar-refractivity contribution is 0.0247. The predicted molar refractivity (Wildman–Crippen MR) is 80.7 cm³/mol. The molecule has 1 aliphatic rings. The van der Waals surface area contributed by atoms with Crippen LogP contribution in [0.2, 0.25) is 0 Å². The van der Waals surface area contributed by atoms with E-state index in [2.05, 4.69) is 21.2 Å². The van der Waals surface area contributed by atoms with Gasteiger partial charge in [-0.05, 0) is 31.2 Å². The minimum atomic E-state index is -0.747. The van der Waals surface area contributed by atoms with Crippen LogP contribution in [-0.2, 0) is 4.74 Å². The van der Waals surface area contributed by atoms with E-state index in [1.165, 1.54) is 0 Å². The number of ether oxygens (including phenoxy) is 1. The Labute approximate surface area is 126 Å². The summed E-state index contributed by atoms with van der Waals surface area (Å²) in [7, 11) is 0. The molecular formula is C15H18BrNO3. The first-order valence-electron chi connectivity index (χ1n) is 6.78. The standard InChI is InChI=1S/C15H18BrNO3/c1-10(17-8-15(18)4-5-19-9-15)14-7-11-6-12(16)2-3-13(11)20-14/h2-3,6-7,10,17-18H,4-5,8-9H2,1H3/t10-,15-/m1/s1. The average Bonchev–Trinajstić information content (AvgIpc) is 3.02. The Hall–Kier alpha value is -0.880. The molecule has 1 aromatic carbocycles. The van der Waals surface area contributed by atoms with E-state index in [9.17, 15) is 5.11 Å². The summed E-state index contributed by atoms with van der Waals surface area (Å²) in [5.74, 6) is 0.876. The van der Waals surface area contributed by atoms with Crippen molar-refractivity contribution in [2.75, 3.05) is 19.8 Å². The fraction of sp³-hybridized carbons (Fsp3) is 0.467. The minimum Gasteiger partial charge on any atom is -0.459 e. The molecule has 2 aromatic rings. The minimum absolute atomic E-state index is 0.0470. The number of rotatable bonds is 4. The van der Waals surface area contributed by atoms with Gasteiger partial charge in [-0.25, -0.2) is 0 Å². The van der Waals surface area contributed by atoms with Gasteiger partial charge in [0.1, 0.15) is 16.9 Å². The number of benzene rings is 1. The van der Waals surface area contributed by atoms with Crippen LogP contribution in [-0.4, -0.2) is 30.5 Å². The SMILES string of the molecule is C[C@@H](NC[C@]1(O)CCOC1)c1cc2cc(Br)ccc2o1. The third kappa shape index (κ3) is 2.91. The van der Waals surface area contributed by atoms with Gasteiger partial charge in [0, 0.05) is 29.4 Å². The van der Waals surface area contributed by atoms with Crippen molar-refractivity contribution in [3.8, 4) is 0 Å². The molecule has 20 heavy (non-hydrogen) atoms. The molecule has 2 atom stereocenters. The molecule has 0 radical (unpaired) electrons. The lowest BCUT2D eigenvalue weighted by Crippen LogP contribution is -2.41. The highest BCUT2D eigenvalue weighted by atomic mass is 79.9. The Balaban J connectivity index is 1.70. The van der Waals surface area contributed by atoms with E-state index in [1.807, 2.05) is 31.2 Å². The van der Waals surface area contributed by atoms with Gasteiger partial charge in [0.2, 0.25) is 0 Å². The summed E-state index contributed by atoms with van der Waals surface area (Å²) in [6.07, 6.45) is 0.680. The van der Waals surface area contributed by atoms with E-state index in [0.717, 1.165) is 21.2 Å². The molecule has 0 bridgehead atoms. The molecule has 0 aliphatic carbocycles. The van der Waals surface area contributed by atoms with Gasteiger partial charge in [0.05, 0.1) is 12.6 Å². The monoisotopic (exact) mass is 339 g/mol. The van der Waals surface area contributed by atoms with Crippen LogP contribution in [0.15, 0.2) is 33.2 Å². The number of furan rings is 1. The molecule has 0 unspecified atom stereocenters. The third-order valence-corrected chi connectivity index (χ3v) is 4.24. The van der Waals surface area contributed by atoms with E-state index in [0.29, 0.717) is 26.2 Å². The van der Waals surface area contributed by atoms with E-state index in [-0.39, 0.29) is 6.04 Å². The number of aliphatic hydroxyl groups is 1. The topological polar surface area (TPSA) is 54.6 Å². The highest BCUT2D eigenvalue weighted by molar-refractivity contribution is 9.10. The summed E-state index contributed by atoms with van der Waals surface area (Å²) in [5.41, 5.74) is 0.128. The van der Waals surface area contributed by atoms with Gasteiger partial charge >= 0.3 is 0 Å². The first kappa shape index (κ1) is 14.1. The van der Waals surface area contributed by atoms with Crippen molar-refractivity contribution in [2.24, 2.45) is 0 Å². The molecule has 0 amide bonds. The Morgan fingerprint density at radius 2 is 2.30 bits per heavy atom. The summed E-state index contributed by atoms with van der Waals surface area (Å²) in [4.78, 5) is 0. The van der Waals surface area contributed by atoms with E-state index in [4.69, 9.17) is 9.15 Å². The van der Waals surface area contributed by atoms with Gasteiger partial charge in [0.15, 0.2) is 0 Å². The van der Waals surface area contributed by atoms with Crippen molar-refractivity contribution in [2.45, 2.75) is 25.0 Å².